The van der Waals surface area contributed by atoms with Gasteiger partial charge in [0.1, 0.15) is 0 Å². The Hall–Kier alpha value is -1.61. The lowest BCUT2D eigenvalue weighted by Crippen LogP contribution is -2.11. The van der Waals surface area contributed by atoms with Crippen molar-refractivity contribution in [2.75, 3.05) is 0 Å². The van der Waals surface area contributed by atoms with Crippen molar-refractivity contribution in [1.82, 2.24) is 0 Å². The molecule has 0 N–H and O–H groups in total. The summed E-state index contributed by atoms with van der Waals surface area (Å²) in [5, 5.41) is 0. The Labute approximate surface area is 108 Å². The average Bonchev–Trinajstić information content (AvgIpc) is 2.39. The predicted molar refractivity (Wildman–Crippen MR) is 73.8 cm³/mol. The molecule has 0 saturated carbocycles. The second-order valence-corrected chi connectivity index (χ2v) is 6.29. The van der Waals surface area contributed by atoms with Crippen LogP contribution in [0.2, 0.25) is 0 Å². The number of rotatable bonds is 3. The summed E-state index contributed by atoms with van der Waals surface area (Å²) >= 11 is 0. The monoisotopic (exact) mass is 260 g/mol. The summed E-state index contributed by atoms with van der Waals surface area (Å²) in [4.78, 5) is 0.800. The van der Waals surface area contributed by atoms with Gasteiger partial charge in [-0.05, 0) is 42.5 Å². The predicted octanol–water partition coefficient (Wildman–Crippen LogP) is 3.64. The summed E-state index contributed by atoms with van der Waals surface area (Å²) in [7, 11) is -3.41. The third-order valence-electron chi connectivity index (χ3n) is 3.15. The molecular weight excluding hydrogens is 244 g/mol. The summed E-state index contributed by atoms with van der Waals surface area (Å²) in [6, 6.07) is 8.53. The molecule has 0 atom stereocenters. The normalized spacial score (nSPS) is 16.8. The van der Waals surface area contributed by atoms with E-state index >= 15 is 0 Å². The van der Waals surface area contributed by atoms with Crippen molar-refractivity contribution in [3.63, 3.8) is 0 Å². The molecule has 18 heavy (non-hydrogen) atoms. The minimum atomic E-state index is -3.41. The van der Waals surface area contributed by atoms with E-state index in [2.05, 4.69) is 13.2 Å². The maximum absolute atomic E-state index is 12.6. The molecule has 1 aromatic rings. The Morgan fingerprint density at radius 2 is 1.78 bits per heavy atom. The van der Waals surface area contributed by atoms with Crippen LogP contribution in [0.5, 0.6) is 0 Å². The van der Waals surface area contributed by atoms with Gasteiger partial charge in [0, 0.05) is 0 Å². The Kier molecular flexibility index (Phi) is 3.53. The van der Waals surface area contributed by atoms with Gasteiger partial charge in [0.15, 0.2) is 0 Å². The third kappa shape index (κ3) is 2.18. The molecule has 3 heteroatoms. The van der Waals surface area contributed by atoms with Crippen LogP contribution >= 0.6 is 0 Å². The van der Waals surface area contributed by atoms with Crippen molar-refractivity contribution in [3.05, 3.63) is 65.6 Å². The van der Waals surface area contributed by atoms with E-state index in [1.54, 1.807) is 30.3 Å². The molecule has 94 valence electrons. The Morgan fingerprint density at radius 3 is 2.39 bits per heavy atom. The number of allylic oxidation sites excluding steroid dienone is 4. The van der Waals surface area contributed by atoms with Crippen LogP contribution < -0.4 is 0 Å². The lowest BCUT2D eigenvalue weighted by atomic mass is 9.95. The lowest BCUT2D eigenvalue weighted by molar-refractivity contribution is 0.597. The van der Waals surface area contributed by atoms with Crippen LogP contribution in [-0.4, -0.2) is 8.42 Å². The van der Waals surface area contributed by atoms with Gasteiger partial charge >= 0.3 is 0 Å². The zero-order chi connectivity index (χ0) is 13.2. The van der Waals surface area contributed by atoms with E-state index < -0.39 is 9.84 Å². The molecule has 0 bridgehead atoms. The molecule has 0 heterocycles. The van der Waals surface area contributed by atoms with Gasteiger partial charge in [-0.2, -0.15) is 0 Å². The van der Waals surface area contributed by atoms with Crippen molar-refractivity contribution in [1.29, 1.82) is 0 Å². The van der Waals surface area contributed by atoms with Gasteiger partial charge in [0.25, 0.3) is 0 Å². The maximum atomic E-state index is 12.6. The van der Waals surface area contributed by atoms with Crippen LogP contribution in [0.3, 0.4) is 0 Å². The van der Waals surface area contributed by atoms with Crippen molar-refractivity contribution < 1.29 is 8.42 Å². The molecule has 0 unspecified atom stereocenters. The van der Waals surface area contributed by atoms with Crippen molar-refractivity contribution in [2.45, 2.75) is 24.2 Å². The van der Waals surface area contributed by atoms with Gasteiger partial charge in [-0.25, -0.2) is 8.42 Å². The maximum Gasteiger partial charge on any atom is 0.203 e. The van der Waals surface area contributed by atoms with Gasteiger partial charge in [-0.1, -0.05) is 37.4 Å². The molecule has 1 aliphatic rings. The van der Waals surface area contributed by atoms with E-state index in [0.29, 0.717) is 21.8 Å². The van der Waals surface area contributed by atoms with Crippen molar-refractivity contribution >= 4 is 9.84 Å². The molecule has 0 radical (unpaired) electrons. The first-order chi connectivity index (χ1) is 8.57. The van der Waals surface area contributed by atoms with E-state index in [1.165, 1.54) is 0 Å². The van der Waals surface area contributed by atoms with Crippen LogP contribution in [0.15, 0.2) is 70.5 Å². The fourth-order valence-corrected chi connectivity index (χ4v) is 3.94. The highest BCUT2D eigenvalue weighted by Crippen LogP contribution is 2.35. The van der Waals surface area contributed by atoms with Crippen LogP contribution in [0.4, 0.5) is 0 Å². The quantitative estimate of drug-likeness (QED) is 0.831. The van der Waals surface area contributed by atoms with E-state index in [-0.39, 0.29) is 0 Å². The highest BCUT2D eigenvalue weighted by atomic mass is 32.2. The Balaban J connectivity index is 2.60. The second kappa shape index (κ2) is 4.94. The molecule has 2 nitrogen and oxygen atoms in total. The summed E-state index contributed by atoms with van der Waals surface area (Å²) in [6.45, 7) is 7.64. The molecule has 0 fully saturated rings. The molecule has 2 rings (SSSR count). The largest absolute Gasteiger partial charge is 0.219 e. The fourth-order valence-electron chi connectivity index (χ4n) is 2.21. The van der Waals surface area contributed by atoms with E-state index in [1.807, 2.05) is 6.07 Å². The number of benzene rings is 1. The molecule has 0 aliphatic heterocycles. The first-order valence-corrected chi connectivity index (χ1v) is 7.39. The minimum Gasteiger partial charge on any atom is -0.219 e. The lowest BCUT2D eigenvalue weighted by Gasteiger charge is -2.20. The summed E-state index contributed by atoms with van der Waals surface area (Å²) in [5.74, 6) is 0. The Morgan fingerprint density at radius 1 is 1.11 bits per heavy atom. The number of hydrogen-bond donors (Lipinski definition) is 0. The third-order valence-corrected chi connectivity index (χ3v) is 5.11. The van der Waals surface area contributed by atoms with Gasteiger partial charge in [-0.15, -0.1) is 0 Å². The van der Waals surface area contributed by atoms with Crippen molar-refractivity contribution in [3.8, 4) is 0 Å². The first kappa shape index (κ1) is 12.8. The van der Waals surface area contributed by atoms with E-state index in [9.17, 15) is 8.42 Å². The molecule has 1 aliphatic carbocycles. The van der Waals surface area contributed by atoms with Crippen LogP contribution in [0.1, 0.15) is 19.3 Å². The molecular formula is C15H16O2S. The first-order valence-electron chi connectivity index (χ1n) is 5.91. The van der Waals surface area contributed by atoms with Gasteiger partial charge < -0.3 is 0 Å². The zero-order valence-corrected chi connectivity index (χ0v) is 11.0. The van der Waals surface area contributed by atoms with Crippen LogP contribution in [0, 0.1) is 0 Å². The Bertz CT molecular complexity index is 607. The van der Waals surface area contributed by atoms with Gasteiger partial charge in [0.2, 0.25) is 9.84 Å². The smallest absolute Gasteiger partial charge is 0.203 e. The molecule has 1 aromatic carbocycles. The van der Waals surface area contributed by atoms with Gasteiger partial charge in [-0.3, -0.25) is 0 Å². The van der Waals surface area contributed by atoms with Crippen LogP contribution in [0.25, 0.3) is 0 Å². The van der Waals surface area contributed by atoms with E-state index in [4.69, 9.17) is 0 Å². The zero-order valence-electron chi connectivity index (χ0n) is 10.2. The standard InChI is InChI=1S/C15H16O2S/c1-3-14-12(2)8-7-11-15(14)18(16,17)13-9-5-4-6-10-13/h3-6,9-10H,1-2,7-8,11H2. The highest BCUT2D eigenvalue weighted by Gasteiger charge is 2.26. The fraction of sp³-hybridized carbons (Fsp3) is 0.200. The topological polar surface area (TPSA) is 34.1 Å². The second-order valence-electron chi connectivity index (χ2n) is 4.31. The number of hydrogen-bond acceptors (Lipinski definition) is 2. The highest BCUT2D eigenvalue weighted by molar-refractivity contribution is 7.95. The summed E-state index contributed by atoms with van der Waals surface area (Å²) < 4.78 is 25.1. The number of sulfone groups is 1. The molecule has 0 saturated heterocycles. The van der Waals surface area contributed by atoms with E-state index in [0.717, 1.165) is 18.4 Å². The molecule has 0 aromatic heterocycles. The summed E-state index contributed by atoms with van der Waals surface area (Å²) in [6.07, 6.45) is 3.85. The van der Waals surface area contributed by atoms with Gasteiger partial charge in [0.05, 0.1) is 9.80 Å². The van der Waals surface area contributed by atoms with Crippen LogP contribution in [-0.2, 0) is 9.84 Å². The SMILES string of the molecule is C=CC1=C(S(=O)(=O)c2ccccc2)CCCC1=C. The molecule has 0 amide bonds. The average molecular weight is 260 g/mol. The van der Waals surface area contributed by atoms with Crippen molar-refractivity contribution in [2.24, 2.45) is 0 Å². The summed E-state index contributed by atoms with van der Waals surface area (Å²) in [5.41, 5.74) is 1.57. The molecule has 0 spiro atoms. The minimum absolute atomic E-state index is 0.342.